The van der Waals surface area contributed by atoms with E-state index in [1.165, 1.54) is 6.26 Å². The lowest BCUT2D eigenvalue weighted by Gasteiger charge is -2.16. The topological polar surface area (TPSA) is 77.3 Å². The molecule has 0 radical (unpaired) electrons. The second-order valence-electron chi connectivity index (χ2n) is 7.11. The van der Waals surface area contributed by atoms with Gasteiger partial charge in [-0.25, -0.2) is 13.4 Å². The molecule has 0 aliphatic carbocycles. The summed E-state index contributed by atoms with van der Waals surface area (Å²) in [7, 11) is 0.803. The number of aryl methyl sites for hydroxylation is 2. The van der Waals surface area contributed by atoms with E-state index in [-0.39, 0.29) is 0 Å². The molecule has 2 aromatic heterocycles. The molecule has 3 rings (SSSR count). The van der Waals surface area contributed by atoms with Crippen LogP contribution in [-0.2, 0) is 23.4 Å². The molecule has 0 saturated heterocycles. The molecule has 0 atom stereocenters. The highest BCUT2D eigenvalue weighted by molar-refractivity contribution is 7.90. The highest BCUT2D eigenvalue weighted by Crippen LogP contribution is 2.18. The summed E-state index contributed by atoms with van der Waals surface area (Å²) in [5.41, 5.74) is 3.05. The molecule has 28 heavy (non-hydrogen) atoms. The molecule has 0 bridgehead atoms. The van der Waals surface area contributed by atoms with Crippen molar-refractivity contribution in [2.45, 2.75) is 24.8 Å². The molecule has 1 aromatic carbocycles. The SMILES string of the molecule is Cc1nn(C)c2ncc(CN(C)CCCOc3ccc(S(C)(=O)=O)cc3)cc12. The number of fused-ring (bicyclic) bond motifs is 1. The average molecular weight is 403 g/mol. The lowest BCUT2D eigenvalue weighted by atomic mass is 10.2. The van der Waals surface area contributed by atoms with Crippen molar-refractivity contribution in [3.63, 3.8) is 0 Å². The van der Waals surface area contributed by atoms with Crippen molar-refractivity contribution < 1.29 is 13.2 Å². The Hall–Kier alpha value is -2.45. The Balaban J connectivity index is 1.47. The van der Waals surface area contributed by atoms with E-state index in [0.717, 1.165) is 41.8 Å². The Kier molecular flexibility index (Phi) is 6.00. The van der Waals surface area contributed by atoms with Crippen molar-refractivity contribution >= 4 is 20.9 Å². The predicted octanol–water partition coefficient (Wildman–Crippen LogP) is 2.58. The van der Waals surface area contributed by atoms with Gasteiger partial charge in [0.15, 0.2) is 15.5 Å². The number of hydrogen-bond acceptors (Lipinski definition) is 6. The molecule has 0 saturated carbocycles. The number of nitrogens with zero attached hydrogens (tertiary/aromatic N) is 4. The summed E-state index contributed by atoms with van der Waals surface area (Å²) >= 11 is 0. The number of pyridine rings is 1. The van der Waals surface area contributed by atoms with Crippen LogP contribution in [0.25, 0.3) is 11.0 Å². The first-order valence-corrected chi connectivity index (χ1v) is 11.0. The van der Waals surface area contributed by atoms with Crippen LogP contribution in [0.2, 0.25) is 0 Å². The van der Waals surface area contributed by atoms with Gasteiger partial charge in [0.05, 0.1) is 17.2 Å². The van der Waals surface area contributed by atoms with Gasteiger partial charge < -0.3 is 9.64 Å². The van der Waals surface area contributed by atoms with Crippen LogP contribution in [-0.4, -0.2) is 54.5 Å². The number of ether oxygens (including phenoxy) is 1. The maximum Gasteiger partial charge on any atom is 0.175 e. The van der Waals surface area contributed by atoms with Crippen LogP contribution in [0.4, 0.5) is 0 Å². The van der Waals surface area contributed by atoms with E-state index < -0.39 is 9.84 Å². The number of rotatable bonds is 8. The minimum absolute atomic E-state index is 0.300. The third-order valence-corrected chi connectivity index (χ3v) is 5.71. The smallest absolute Gasteiger partial charge is 0.175 e. The first kappa shape index (κ1) is 20.3. The Morgan fingerprint density at radius 3 is 2.61 bits per heavy atom. The van der Waals surface area contributed by atoms with Crippen molar-refractivity contribution in [2.24, 2.45) is 7.05 Å². The number of sulfone groups is 1. The van der Waals surface area contributed by atoms with Gasteiger partial charge in [0.2, 0.25) is 0 Å². The van der Waals surface area contributed by atoms with Crippen LogP contribution < -0.4 is 4.74 Å². The fourth-order valence-corrected chi connectivity index (χ4v) is 3.77. The minimum atomic E-state index is -3.17. The average Bonchev–Trinajstić information content (AvgIpc) is 2.92. The molecule has 150 valence electrons. The van der Waals surface area contributed by atoms with E-state index >= 15 is 0 Å². The number of hydrogen-bond donors (Lipinski definition) is 0. The maximum absolute atomic E-state index is 11.5. The van der Waals surface area contributed by atoms with Crippen molar-refractivity contribution in [3.05, 3.63) is 47.8 Å². The van der Waals surface area contributed by atoms with Crippen LogP contribution in [0.5, 0.6) is 5.75 Å². The molecular formula is C20H26N4O3S. The molecule has 8 heteroatoms. The molecule has 0 spiro atoms. The highest BCUT2D eigenvalue weighted by atomic mass is 32.2. The molecule has 0 amide bonds. The Labute approximate surface area is 165 Å². The van der Waals surface area contributed by atoms with E-state index in [4.69, 9.17) is 4.74 Å². The first-order valence-electron chi connectivity index (χ1n) is 9.14. The second-order valence-corrected chi connectivity index (χ2v) is 9.12. The highest BCUT2D eigenvalue weighted by Gasteiger charge is 2.09. The van der Waals surface area contributed by atoms with Crippen LogP contribution in [0.3, 0.4) is 0 Å². The summed E-state index contributed by atoms with van der Waals surface area (Å²) in [6.07, 6.45) is 3.97. The van der Waals surface area contributed by atoms with Gasteiger partial charge in [-0.05, 0) is 56.3 Å². The Morgan fingerprint density at radius 2 is 1.93 bits per heavy atom. The first-order chi connectivity index (χ1) is 13.2. The summed E-state index contributed by atoms with van der Waals surface area (Å²) in [6.45, 7) is 4.25. The molecule has 2 heterocycles. The minimum Gasteiger partial charge on any atom is -0.494 e. The van der Waals surface area contributed by atoms with Gasteiger partial charge in [0.1, 0.15) is 5.75 Å². The predicted molar refractivity (Wildman–Crippen MR) is 109 cm³/mol. The standard InChI is InChI=1S/C20H26N4O3S/c1-15-19-12-16(13-21-20(19)24(3)22-15)14-23(2)10-5-11-27-17-6-8-18(9-7-17)28(4,25)26/h6-9,12-13H,5,10-11,14H2,1-4H3. The Bertz CT molecular complexity index is 1060. The van der Waals surface area contributed by atoms with E-state index in [9.17, 15) is 8.42 Å². The number of aromatic nitrogens is 3. The number of benzene rings is 1. The fourth-order valence-electron chi connectivity index (χ4n) is 3.14. The van der Waals surface area contributed by atoms with Gasteiger partial charge >= 0.3 is 0 Å². The monoisotopic (exact) mass is 402 g/mol. The quantitative estimate of drug-likeness (QED) is 0.539. The molecule has 7 nitrogen and oxygen atoms in total. The van der Waals surface area contributed by atoms with Gasteiger partial charge in [-0.2, -0.15) is 5.10 Å². The van der Waals surface area contributed by atoms with Gasteiger partial charge in [-0.3, -0.25) is 4.68 Å². The van der Waals surface area contributed by atoms with Gasteiger partial charge in [0.25, 0.3) is 0 Å². The zero-order valence-corrected chi connectivity index (χ0v) is 17.5. The largest absolute Gasteiger partial charge is 0.494 e. The molecule has 0 N–H and O–H groups in total. The van der Waals surface area contributed by atoms with Gasteiger partial charge in [-0.15, -0.1) is 0 Å². The molecule has 0 aliphatic heterocycles. The van der Waals surface area contributed by atoms with E-state index in [1.54, 1.807) is 28.9 Å². The zero-order chi connectivity index (χ0) is 20.3. The molecule has 0 fully saturated rings. The van der Waals surface area contributed by atoms with Crippen molar-refractivity contribution in [1.29, 1.82) is 0 Å². The summed E-state index contributed by atoms with van der Waals surface area (Å²) in [6, 6.07) is 8.68. The molecular weight excluding hydrogens is 376 g/mol. The van der Waals surface area contributed by atoms with Crippen molar-refractivity contribution in [3.8, 4) is 5.75 Å². The second kappa shape index (κ2) is 8.28. The van der Waals surface area contributed by atoms with E-state index in [0.29, 0.717) is 17.3 Å². The lowest BCUT2D eigenvalue weighted by Crippen LogP contribution is -2.21. The van der Waals surface area contributed by atoms with Gasteiger partial charge in [-0.1, -0.05) is 0 Å². The van der Waals surface area contributed by atoms with Gasteiger partial charge in [0, 0.05) is 38.0 Å². The summed E-state index contributed by atoms with van der Waals surface area (Å²) < 4.78 is 30.4. The van der Waals surface area contributed by atoms with E-state index in [2.05, 4.69) is 28.1 Å². The molecule has 3 aromatic rings. The normalized spacial score (nSPS) is 12.0. The zero-order valence-electron chi connectivity index (χ0n) is 16.7. The third kappa shape index (κ3) is 4.88. The van der Waals surface area contributed by atoms with Crippen LogP contribution in [0.1, 0.15) is 17.7 Å². The molecule has 0 aliphatic rings. The van der Waals surface area contributed by atoms with E-state index in [1.807, 2.05) is 20.2 Å². The molecule has 0 unspecified atom stereocenters. The Morgan fingerprint density at radius 1 is 1.21 bits per heavy atom. The van der Waals surface area contributed by atoms with Crippen LogP contribution in [0, 0.1) is 6.92 Å². The summed E-state index contributed by atoms with van der Waals surface area (Å²) in [5.74, 6) is 0.678. The van der Waals surface area contributed by atoms with Crippen LogP contribution in [0.15, 0.2) is 41.4 Å². The fraction of sp³-hybridized carbons (Fsp3) is 0.400. The third-order valence-electron chi connectivity index (χ3n) is 4.58. The maximum atomic E-state index is 11.5. The van der Waals surface area contributed by atoms with Crippen molar-refractivity contribution in [1.82, 2.24) is 19.7 Å². The van der Waals surface area contributed by atoms with Crippen LogP contribution >= 0.6 is 0 Å². The lowest BCUT2D eigenvalue weighted by molar-refractivity contribution is 0.258. The van der Waals surface area contributed by atoms with Crippen molar-refractivity contribution in [2.75, 3.05) is 26.5 Å². The summed E-state index contributed by atoms with van der Waals surface area (Å²) in [4.78, 5) is 7.05. The summed E-state index contributed by atoms with van der Waals surface area (Å²) in [5, 5.41) is 5.50.